The zero-order valence-corrected chi connectivity index (χ0v) is 15.2. The molecule has 1 aromatic rings. The lowest BCUT2D eigenvalue weighted by Gasteiger charge is -2.21. The molecule has 1 aliphatic rings. The van der Waals surface area contributed by atoms with Crippen molar-refractivity contribution in [1.82, 2.24) is 4.31 Å². The Labute approximate surface area is 149 Å². The van der Waals surface area contributed by atoms with Crippen LogP contribution in [-0.4, -0.2) is 38.4 Å². The van der Waals surface area contributed by atoms with Gasteiger partial charge < -0.3 is 4.74 Å². The first-order valence-electron chi connectivity index (χ1n) is 8.11. The largest absolute Gasteiger partial charge is 0.460 e. The Morgan fingerprint density at radius 2 is 1.72 bits per heavy atom. The number of allylic oxidation sites excluding steroid dienone is 2. The maximum Gasteiger partial charge on any atom is 0.321 e. The molecular weight excluding hydrogens is 338 g/mol. The number of sulfonamides is 1. The first kappa shape index (κ1) is 19.1. The Kier molecular flexibility index (Phi) is 6.73. The Bertz CT molecular complexity index is 776. The second kappa shape index (κ2) is 8.78. The number of hydrogen-bond donors (Lipinski definition) is 0. The summed E-state index contributed by atoms with van der Waals surface area (Å²) in [5.41, 5.74) is 1.58. The van der Waals surface area contributed by atoms with Crippen LogP contribution in [0.2, 0.25) is 0 Å². The molecule has 0 atom stereocenters. The van der Waals surface area contributed by atoms with Crippen LogP contribution in [0.1, 0.15) is 18.4 Å². The van der Waals surface area contributed by atoms with Crippen LogP contribution in [0.25, 0.3) is 0 Å². The third kappa shape index (κ3) is 5.69. The number of rotatable bonds is 2. The van der Waals surface area contributed by atoms with E-state index >= 15 is 0 Å². The summed E-state index contributed by atoms with van der Waals surface area (Å²) in [7, 11) is -3.82. The number of esters is 1. The van der Waals surface area contributed by atoms with E-state index in [-0.39, 0.29) is 24.6 Å². The van der Waals surface area contributed by atoms with Crippen molar-refractivity contribution in [3.8, 4) is 0 Å². The van der Waals surface area contributed by atoms with Crippen molar-refractivity contribution >= 4 is 16.0 Å². The van der Waals surface area contributed by atoms with Crippen molar-refractivity contribution in [3.63, 3.8) is 0 Å². The van der Waals surface area contributed by atoms with Gasteiger partial charge >= 0.3 is 5.97 Å². The minimum absolute atomic E-state index is 0.0369. The van der Waals surface area contributed by atoms with Gasteiger partial charge in [-0.1, -0.05) is 48.6 Å². The van der Waals surface area contributed by atoms with Gasteiger partial charge in [-0.3, -0.25) is 4.79 Å². The van der Waals surface area contributed by atoms with E-state index in [0.717, 1.165) is 22.7 Å². The molecule has 0 saturated heterocycles. The molecule has 0 aliphatic carbocycles. The lowest BCUT2D eigenvalue weighted by Crippen LogP contribution is -2.37. The van der Waals surface area contributed by atoms with E-state index in [2.05, 4.69) is 6.58 Å². The van der Waals surface area contributed by atoms with Crippen LogP contribution in [0.15, 0.2) is 65.6 Å². The van der Waals surface area contributed by atoms with Gasteiger partial charge in [0.25, 0.3) is 0 Å². The molecule has 0 amide bonds. The molecule has 0 radical (unpaired) electrons. The minimum Gasteiger partial charge on any atom is -0.460 e. The van der Waals surface area contributed by atoms with Crippen LogP contribution < -0.4 is 0 Å². The lowest BCUT2D eigenvalue weighted by atomic mass is 10.2. The highest BCUT2D eigenvalue weighted by molar-refractivity contribution is 7.89. The summed E-state index contributed by atoms with van der Waals surface area (Å²) in [5.74, 6) is -0.587. The summed E-state index contributed by atoms with van der Waals surface area (Å²) in [5, 5.41) is 0. The molecule has 6 heteroatoms. The zero-order chi connectivity index (χ0) is 18.3. The highest BCUT2D eigenvalue weighted by atomic mass is 32.2. The first-order chi connectivity index (χ1) is 11.9. The molecule has 0 spiro atoms. The lowest BCUT2D eigenvalue weighted by molar-refractivity contribution is -0.142. The second-order valence-electron chi connectivity index (χ2n) is 5.88. The molecular formula is C19H23NO4S. The van der Waals surface area contributed by atoms with Gasteiger partial charge in [0.15, 0.2) is 0 Å². The van der Waals surface area contributed by atoms with Crippen LogP contribution in [-0.2, 0) is 19.6 Å². The van der Waals surface area contributed by atoms with Gasteiger partial charge in [0.1, 0.15) is 13.2 Å². The Hall–Kier alpha value is -2.18. The van der Waals surface area contributed by atoms with Crippen LogP contribution >= 0.6 is 0 Å². The van der Waals surface area contributed by atoms with E-state index in [1.54, 1.807) is 36.4 Å². The standard InChI is InChI=1S/C19H23NO4S/c1-16-9-11-18(12-10-16)25(22,23)20-14-17(2)8-6-4-3-5-7-13-24-19(21)15-20/h5-12H,2-4,13-15H2,1H3/b7-5+,8-6+. The molecule has 134 valence electrons. The van der Waals surface area contributed by atoms with E-state index in [1.807, 2.05) is 19.1 Å². The molecule has 1 heterocycles. The highest BCUT2D eigenvalue weighted by Crippen LogP contribution is 2.18. The van der Waals surface area contributed by atoms with Crippen molar-refractivity contribution in [3.05, 3.63) is 66.3 Å². The normalized spacial score (nSPS) is 20.7. The van der Waals surface area contributed by atoms with Crippen LogP contribution in [0.3, 0.4) is 0 Å². The van der Waals surface area contributed by atoms with Crippen molar-refractivity contribution in [1.29, 1.82) is 0 Å². The molecule has 0 fully saturated rings. The smallest absolute Gasteiger partial charge is 0.321 e. The van der Waals surface area contributed by atoms with Crippen molar-refractivity contribution in [2.75, 3.05) is 19.7 Å². The predicted octanol–water partition coefficient (Wildman–Crippen LogP) is 2.99. The number of hydrogen-bond acceptors (Lipinski definition) is 4. The van der Waals surface area contributed by atoms with Crippen molar-refractivity contribution in [2.45, 2.75) is 24.7 Å². The molecule has 0 bridgehead atoms. The summed E-state index contributed by atoms with van der Waals surface area (Å²) in [6, 6.07) is 6.54. The third-order valence-corrected chi connectivity index (χ3v) is 5.51. The highest BCUT2D eigenvalue weighted by Gasteiger charge is 2.27. The number of cyclic esters (lactones) is 1. The Balaban J connectivity index is 2.30. The van der Waals surface area contributed by atoms with Crippen molar-refractivity contribution in [2.24, 2.45) is 0 Å². The maximum absolute atomic E-state index is 12.9. The van der Waals surface area contributed by atoms with Crippen LogP contribution in [0.5, 0.6) is 0 Å². The summed E-state index contributed by atoms with van der Waals surface area (Å²) >= 11 is 0. The summed E-state index contributed by atoms with van der Waals surface area (Å²) in [4.78, 5) is 12.2. The number of carbonyl (C=O) groups is 1. The minimum atomic E-state index is -3.82. The molecule has 0 aromatic heterocycles. The Morgan fingerprint density at radius 1 is 1.04 bits per heavy atom. The van der Waals surface area contributed by atoms with Gasteiger partial charge in [0.2, 0.25) is 10.0 Å². The molecule has 25 heavy (non-hydrogen) atoms. The predicted molar refractivity (Wildman–Crippen MR) is 97.6 cm³/mol. The van der Waals surface area contributed by atoms with E-state index in [9.17, 15) is 13.2 Å². The average Bonchev–Trinajstić information content (AvgIpc) is 2.58. The first-order valence-corrected chi connectivity index (χ1v) is 9.55. The van der Waals surface area contributed by atoms with Gasteiger partial charge in [0.05, 0.1) is 4.90 Å². The topological polar surface area (TPSA) is 63.7 Å². The number of ether oxygens (including phenoxy) is 1. The van der Waals surface area contributed by atoms with Crippen LogP contribution in [0, 0.1) is 6.92 Å². The fraction of sp³-hybridized carbons (Fsp3) is 0.316. The molecule has 0 unspecified atom stereocenters. The number of nitrogens with zero attached hydrogens (tertiary/aromatic N) is 1. The van der Waals surface area contributed by atoms with E-state index in [0.29, 0.717) is 5.57 Å². The number of carbonyl (C=O) groups excluding carboxylic acids is 1. The number of benzene rings is 1. The molecule has 2 rings (SSSR count). The molecule has 0 N–H and O–H groups in total. The van der Waals surface area contributed by atoms with Crippen LogP contribution in [0.4, 0.5) is 0 Å². The molecule has 5 nitrogen and oxygen atoms in total. The second-order valence-corrected chi connectivity index (χ2v) is 7.82. The Morgan fingerprint density at radius 3 is 2.44 bits per heavy atom. The van der Waals surface area contributed by atoms with Gasteiger partial charge in [-0.25, -0.2) is 8.42 Å². The van der Waals surface area contributed by atoms with E-state index < -0.39 is 16.0 Å². The van der Waals surface area contributed by atoms with Gasteiger partial charge in [-0.05, 0) is 37.5 Å². The molecule has 1 aromatic carbocycles. The van der Waals surface area contributed by atoms with E-state index in [4.69, 9.17) is 4.74 Å². The number of aryl methyl sites for hydroxylation is 1. The fourth-order valence-corrected chi connectivity index (χ4v) is 3.71. The van der Waals surface area contributed by atoms with Gasteiger partial charge in [0, 0.05) is 6.54 Å². The average molecular weight is 361 g/mol. The summed E-state index contributed by atoms with van der Waals surface area (Å²) < 4.78 is 32.0. The summed E-state index contributed by atoms with van der Waals surface area (Å²) in [6.07, 6.45) is 9.08. The SMILES string of the molecule is C=C1/C=C/CC/C=C/COC(=O)CN(S(=O)(=O)c2ccc(C)cc2)C1. The fourth-order valence-electron chi connectivity index (χ4n) is 2.32. The van der Waals surface area contributed by atoms with Gasteiger partial charge in [-0.2, -0.15) is 4.31 Å². The van der Waals surface area contributed by atoms with Crippen molar-refractivity contribution < 1.29 is 17.9 Å². The summed E-state index contributed by atoms with van der Waals surface area (Å²) in [6.45, 7) is 5.61. The molecule has 0 saturated carbocycles. The molecule has 1 aliphatic heterocycles. The third-order valence-electron chi connectivity index (χ3n) is 3.70. The quantitative estimate of drug-likeness (QED) is 0.600. The van der Waals surface area contributed by atoms with E-state index in [1.165, 1.54) is 0 Å². The van der Waals surface area contributed by atoms with Gasteiger partial charge in [-0.15, -0.1) is 0 Å². The monoisotopic (exact) mass is 361 g/mol. The maximum atomic E-state index is 12.9. The zero-order valence-electron chi connectivity index (χ0n) is 14.3.